The van der Waals surface area contributed by atoms with Crippen LogP contribution < -0.4 is 4.74 Å². The van der Waals surface area contributed by atoms with E-state index in [4.69, 9.17) is 4.74 Å². The Balaban J connectivity index is 1.13. The number of fused-ring (bicyclic) bond motifs is 1. The van der Waals surface area contributed by atoms with Crippen molar-refractivity contribution in [2.75, 3.05) is 19.7 Å². The standard InChI is InChI=1S/C25H36F2N4O2S/c1-18-7-11-28-31(18)14-9-21(32)15-20-5-3-19(4-6-20)8-12-30-13-10-23-22(16-30)29-24(34-23)33-17-25(2,26)27/h7,11,19-20H,3-6,8-10,12-17H2,1-2H3. The zero-order valence-electron chi connectivity index (χ0n) is 20.3. The molecule has 9 heteroatoms. The summed E-state index contributed by atoms with van der Waals surface area (Å²) >= 11 is 1.41. The second kappa shape index (κ2) is 11.2. The molecule has 1 saturated carbocycles. The highest BCUT2D eigenvalue weighted by Crippen LogP contribution is 2.34. The van der Waals surface area contributed by atoms with E-state index in [-0.39, 0.29) is 0 Å². The fourth-order valence-corrected chi connectivity index (χ4v) is 5.95. The van der Waals surface area contributed by atoms with Crippen molar-refractivity contribution >= 4 is 17.1 Å². The van der Waals surface area contributed by atoms with Gasteiger partial charge in [-0.2, -0.15) is 5.10 Å². The monoisotopic (exact) mass is 494 g/mol. The summed E-state index contributed by atoms with van der Waals surface area (Å²) in [5, 5.41) is 4.62. The molecule has 4 rings (SSSR count). The van der Waals surface area contributed by atoms with Gasteiger partial charge < -0.3 is 4.74 Å². The van der Waals surface area contributed by atoms with Crippen LogP contribution in [0.3, 0.4) is 0 Å². The van der Waals surface area contributed by atoms with Crippen LogP contribution in [0, 0.1) is 18.8 Å². The Bertz CT molecular complexity index is 947. The minimum absolute atomic E-state index is 0.358. The number of hydrogen-bond donors (Lipinski definition) is 0. The van der Waals surface area contributed by atoms with Gasteiger partial charge in [-0.25, -0.2) is 13.8 Å². The SMILES string of the molecule is Cc1ccnn1CCC(=O)CC1CCC(CCN2CCc3sc(OCC(C)(F)F)nc3C2)CC1. The van der Waals surface area contributed by atoms with Crippen molar-refractivity contribution < 1.29 is 18.3 Å². The Labute approximate surface area is 204 Å². The molecular formula is C25H36F2N4O2S. The van der Waals surface area contributed by atoms with E-state index in [1.807, 2.05) is 17.7 Å². The van der Waals surface area contributed by atoms with Crippen LogP contribution in [0.15, 0.2) is 12.3 Å². The number of ether oxygens (including phenoxy) is 1. The topological polar surface area (TPSA) is 60.2 Å². The fraction of sp³-hybridized carbons (Fsp3) is 0.720. The third-order valence-electron chi connectivity index (χ3n) is 7.10. The van der Waals surface area contributed by atoms with E-state index in [2.05, 4.69) is 15.0 Å². The predicted octanol–water partition coefficient (Wildman–Crippen LogP) is 5.29. The number of ketones is 1. The Morgan fingerprint density at radius 2 is 2.00 bits per heavy atom. The van der Waals surface area contributed by atoms with Gasteiger partial charge in [-0.3, -0.25) is 14.4 Å². The van der Waals surface area contributed by atoms with Crippen LogP contribution in [0.4, 0.5) is 8.78 Å². The molecule has 3 heterocycles. The molecule has 0 amide bonds. The molecule has 1 aliphatic heterocycles. The van der Waals surface area contributed by atoms with Crippen molar-refractivity contribution in [3.63, 3.8) is 0 Å². The number of Topliss-reactive ketones (excluding diaryl/α,β-unsaturated/α-hetero) is 1. The first-order chi connectivity index (χ1) is 16.2. The molecule has 2 aromatic rings. The fourth-order valence-electron chi connectivity index (χ4n) is 5.05. The van der Waals surface area contributed by atoms with Crippen molar-refractivity contribution in [2.45, 2.75) is 84.2 Å². The summed E-state index contributed by atoms with van der Waals surface area (Å²) in [6.45, 7) is 5.73. The lowest BCUT2D eigenvalue weighted by Gasteiger charge is -2.31. The van der Waals surface area contributed by atoms with E-state index in [0.29, 0.717) is 36.3 Å². The molecule has 2 aliphatic rings. The van der Waals surface area contributed by atoms with Crippen molar-refractivity contribution in [3.05, 3.63) is 28.5 Å². The molecule has 2 aromatic heterocycles. The highest BCUT2D eigenvalue weighted by molar-refractivity contribution is 7.13. The number of halogens is 2. The third-order valence-corrected chi connectivity index (χ3v) is 8.17. The Kier molecular flexibility index (Phi) is 8.34. The average molecular weight is 495 g/mol. The molecule has 34 heavy (non-hydrogen) atoms. The average Bonchev–Trinajstić information content (AvgIpc) is 3.40. The largest absolute Gasteiger partial charge is 0.464 e. The number of carbonyl (C=O) groups is 1. The van der Waals surface area contributed by atoms with Crippen LogP contribution in [-0.4, -0.2) is 51.1 Å². The minimum atomic E-state index is -2.84. The number of nitrogens with zero attached hydrogens (tertiary/aromatic N) is 4. The number of aromatic nitrogens is 3. The van der Waals surface area contributed by atoms with Gasteiger partial charge in [-0.15, -0.1) is 0 Å². The second-order valence-corrected chi connectivity index (χ2v) is 11.1. The summed E-state index contributed by atoms with van der Waals surface area (Å²) in [4.78, 5) is 20.5. The highest BCUT2D eigenvalue weighted by Gasteiger charge is 2.27. The van der Waals surface area contributed by atoms with Gasteiger partial charge in [-0.1, -0.05) is 24.2 Å². The van der Waals surface area contributed by atoms with Crippen LogP contribution in [0.5, 0.6) is 5.19 Å². The van der Waals surface area contributed by atoms with Gasteiger partial charge in [0.1, 0.15) is 5.78 Å². The summed E-state index contributed by atoms with van der Waals surface area (Å²) in [6.07, 6.45) is 9.85. The molecule has 1 aliphatic carbocycles. The molecule has 0 radical (unpaired) electrons. The van der Waals surface area contributed by atoms with Crippen molar-refractivity contribution in [2.24, 2.45) is 11.8 Å². The van der Waals surface area contributed by atoms with Crippen LogP contribution in [-0.2, 0) is 24.3 Å². The van der Waals surface area contributed by atoms with E-state index in [1.165, 1.54) is 35.5 Å². The molecular weight excluding hydrogens is 458 g/mol. The number of carbonyl (C=O) groups excluding carboxylic acids is 1. The summed E-state index contributed by atoms with van der Waals surface area (Å²) in [6, 6.07) is 1.97. The van der Waals surface area contributed by atoms with Crippen LogP contribution in [0.2, 0.25) is 0 Å². The van der Waals surface area contributed by atoms with E-state index in [1.54, 1.807) is 6.20 Å². The zero-order chi connectivity index (χ0) is 24.1. The lowest BCUT2D eigenvalue weighted by atomic mass is 9.78. The van der Waals surface area contributed by atoms with Crippen LogP contribution in [0.1, 0.15) is 68.1 Å². The first kappa shape index (κ1) is 25.2. The van der Waals surface area contributed by atoms with Gasteiger partial charge in [0, 0.05) is 56.2 Å². The minimum Gasteiger partial charge on any atom is -0.464 e. The molecule has 0 unspecified atom stereocenters. The number of hydrogen-bond acceptors (Lipinski definition) is 6. The molecule has 0 N–H and O–H groups in total. The molecule has 6 nitrogen and oxygen atoms in total. The molecule has 188 valence electrons. The smallest absolute Gasteiger partial charge is 0.278 e. The maximum Gasteiger partial charge on any atom is 0.278 e. The van der Waals surface area contributed by atoms with Gasteiger partial charge in [0.05, 0.1) is 5.69 Å². The summed E-state index contributed by atoms with van der Waals surface area (Å²) in [5.74, 6) is -1.23. The van der Waals surface area contributed by atoms with Crippen molar-refractivity contribution in [3.8, 4) is 5.19 Å². The van der Waals surface area contributed by atoms with E-state index in [9.17, 15) is 13.6 Å². The normalized spacial score (nSPS) is 21.4. The summed E-state index contributed by atoms with van der Waals surface area (Å²) in [7, 11) is 0. The Morgan fingerprint density at radius 1 is 1.24 bits per heavy atom. The van der Waals surface area contributed by atoms with E-state index in [0.717, 1.165) is 63.1 Å². The van der Waals surface area contributed by atoms with Gasteiger partial charge in [0.2, 0.25) is 0 Å². The molecule has 1 fully saturated rings. The quantitative estimate of drug-likeness (QED) is 0.425. The maximum absolute atomic E-state index is 13.0. The van der Waals surface area contributed by atoms with Crippen molar-refractivity contribution in [1.82, 2.24) is 19.7 Å². The first-order valence-electron chi connectivity index (χ1n) is 12.5. The first-order valence-corrected chi connectivity index (χ1v) is 13.3. The van der Waals surface area contributed by atoms with Gasteiger partial charge in [0.15, 0.2) is 6.61 Å². The van der Waals surface area contributed by atoms with Gasteiger partial charge in [0.25, 0.3) is 11.1 Å². The maximum atomic E-state index is 13.0. The Morgan fingerprint density at radius 3 is 2.71 bits per heavy atom. The van der Waals surface area contributed by atoms with Crippen molar-refractivity contribution in [1.29, 1.82) is 0 Å². The number of alkyl halides is 2. The second-order valence-electron chi connectivity index (χ2n) is 10.1. The third kappa shape index (κ3) is 7.31. The summed E-state index contributed by atoms with van der Waals surface area (Å²) < 4.78 is 33.2. The van der Waals surface area contributed by atoms with Gasteiger partial charge >= 0.3 is 0 Å². The van der Waals surface area contributed by atoms with Gasteiger partial charge in [-0.05, 0) is 57.1 Å². The highest BCUT2D eigenvalue weighted by atomic mass is 32.1. The van der Waals surface area contributed by atoms with E-state index >= 15 is 0 Å². The zero-order valence-corrected chi connectivity index (χ0v) is 21.1. The number of aryl methyl sites for hydroxylation is 2. The molecule has 0 atom stereocenters. The Hall–Kier alpha value is -1.87. The molecule has 0 bridgehead atoms. The predicted molar refractivity (Wildman–Crippen MR) is 128 cm³/mol. The summed E-state index contributed by atoms with van der Waals surface area (Å²) in [5.41, 5.74) is 2.08. The van der Waals surface area contributed by atoms with Crippen LogP contribution >= 0.6 is 11.3 Å². The number of thiazole rings is 1. The number of rotatable bonds is 11. The lowest BCUT2D eigenvalue weighted by molar-refractivity contribution is -0.120. The molecule has 0 spiro atoms. The lowest BCUT2D eigenvalue weighted by Crippen LogP contribution is -2.32. The van der Waals surface area contributed by atoms with Crippen LogP contribution in [0.25, 0.3) is 0 Å². The molecule has 0 saturated heterocycles. The van der Waals surface area contributed by atoms with E-state index < -0.39 is 12.5 Å². The molecule has 0 aromatic carbocycles.